The molecule has 2 rings (SSSR count). The molecule has 0 radical (unpaired) electrons. The Morgan fingerprint density at radius 2 is 1.96 bits per heavy atom. The molecule has 122 valence electrons. The van der Waals surface area contributed by atoms with Gasteiger partial charge < -0.3 is 19.6 Å². The third-order valence-electron chi connectivity index (χ3n) is 3.33. The third kappa shape index (κ3) is 3.88. The van der Waals surface area contributed by atoms with Gasteiger partial charge in [-0.15, -0.1) is 0 Å². The number of ether oxygens (including phenoxy) is 1. The Morgan fingerprint density at radius 3 is 2.61 bits per heavy atom. The van der Waals surface area contributed by atoms with Gasteiger partial charge in [-0.3, -0.25) is 9.59 Å². The average Bonchev–Trinajstić information content (AvgIpc) is 2.46. The van der Waals surface area contributed by atoms with Crippen LogP contribution in [0.4, 0.5) is 0 Å². The van der Waals surface area contributed by atoms with Gasteiger partial charge in [0.25, 0.3) is 5.91 Å². The zero-order valence-electron chi connectivity index (χ0n) is 13.0. The molecule has 1 aromatic carbocycles. The Labute approximate surface area is 131 Å². The molecule has 1 heterocycles. The van der Waals surface area contributed by atoms with Crippen molar-refractivity contribution in [2.24, 2.45) is 0 Å². The van der Waals surface area contributed by atoms with Crippen molar-refractivity contribution < 1.29 is 23.8 Å². The largest absolute Gasteiger partial charge is 0.481 e. The van der Waals surface area contributed by atoms with Gasteiger partial charge in [0.2, 0.25) is 0 Å². The lowest BCUT2D eigenvalue weighted by molar-refractivity contribution is -0.142. The minimum Gasteiger partial charge on any atom is -0.481 e. The second-order valence-corrected chi connectivity index (χ2v) is 5.24. The number of aryl methyl sites for hydroxylation is 1. The molecule has 0 aliphatic carbocycles. The predicted octanol–water partition coefficient (Wildman–Crippen LogP) is 1.46. The fourth-order valence-corrected chi connectivity index (χ4v) is 2.03. The zero-order chi connectivity index (χ0) is 17.1. The van der Waals surface area contributed by atoms with Gasteiger partial charge in [0.1, 0.15) is 17.4 Å². The zero-order valence-corrected chi connectivity index (χ0v) is 13.0. The Hall–Kier alpha value is -2.83. The first-order valence-electron chi connectivity index (χ1n) is 7.02. The molecular formula is C16H17NO6. The highest BCUT2D eigenvalue weighted by Crippen LogP contribution is 2.22. The van der Waals surface area contributed by atoms with E-state index in [9.17, 15) is 14.4 Å². The van der Waals surface area contributed by atoms with E-state index < -0.39 is 29.6 Å². The van der Waals surface area contributed by atoms with Crippen LogP contribution in [0, 0.1) is 6.92 Å². The fraction of sp³-hybridized carbons (Fsp3) is 0.312. The summed E-state index contributed by atoms with van der Waals surface area (Å²) in [5.74, 6) is -1.34. The number of carbonyl (C=O) groups is 2. The minimum atomic E-state index is -1.13. The first kappa shape index (κ1) is 16.5. The molecule has 1 aromatic heterocycles. The molecule has 0 saturated carbocycles. The van der Waals surface area contributed by atoms with Gasteiger partial charge >= 0.3 is 11.6 Å². The quantitative estimate of drug-likeness (QED) is 0.808. The van der Waals surface area contributed by atoms with Crippen molar-refractivity contribution >= 4 is 22.8 Å². The molecule has 2 aromatic rings. The van der Waals surface area contributed by atoms with E-state index >= 15 is 0 Å². The van der Waals surface area contributed by atoms with Crippen LogP contribution in [0.5, 0.6) is 5.75 Å². The molecule has 0 bridgehead atoms. The molecule has 0 aliphatic rings. The van der Waals surface area contributed by atoms with Crippen LogP contribution in [0.2, 0.25) is 0 Å². The van der Waals surface area contributed by atoms with E-state index in [2.05, 4.69) is 5.32 Å². The summed E-state index contributed by atoms with van der Waals surface area (Å²) in [5, 5.41) is 11.9. The maximum Gasteiger partial charge on any atom is 0.336 e. The second-order valence-electron chi connectivity index (χ2n) is 5.24. The van der Waals surface area contributed by atoms with Gasteiger partial charge in [-0.1, -0.05) is 0 Å². The smallest absolute Gasteiger partial charge is 0.336 e. The van der Waals surface area contributed by atoms with Crippen LogP contribution in [0.1, 0.15) is 19.4 Å². The number of amides is 1. The van der Waals surface area contributed by atoms with Gasteiger partial charge in [0, 0.05) is 17.5 Å². The molecule has 1 amide bonds. The van der Waals surface area contributed by atoms with Crippen LogP contribution in [0.25, 0.3) is 11.0 Å². The minimum absolute atomic E-state index is 0.344. The normalized spacial score (nSPS) is 13.3. The topological polar surface area (TPSA) is 106 Å². The molecule has 0 spiro atoms. The van der Waals surface area contributed by atoms with Crippen LogP contribution < -0.4 is 15.7 Å². The summed E-state index contributed by atoms with van der Waals surface area (Å²) in [6.07, 6.45) is -0.897. The van der Waals surface area contributed by atoms with Gasteiger partial charge in [0.05, 0.1) is 0 Å². The lowest BCUT2D eigenvalue weighted by Crippen LogP contribution is -2.44. The predicted molar refractivity (Wildman–Crippen MR) is 82.6 cm³/mol. The number of nitrogens with one attached hydrogen (secondary N) is 1. The van der Waals surface area contributed by atoms with Crippen LogP contribution in [0.15, 0.2) is 33.5 Å². The van der Waals surface area contributed by atoms with E-state index in [1.54, 1.807) is 19.1 Å². The first-order chi connectivity index (χ1) is 10.8. The number of carboxylic acids is 1. The summed E-state index contributed by atoms with van der Waals surface area (Å²) < 4.78 is 10.6. The van der Waals surface area contributed by atoms with Crippen LogP contribution >= 0.6 is 0 Å². The number of hydrogen-bond acceptors (Lipinski definition) is 5. The Kier molecular flexibility index (Phi) is 4.68. The van der Waals surface area contributed by atoms with Crippen molar-refractivity contribution in [2.75, 3.05) is 0 Å². The average molecular weight is 319 g/mol. The first-order valence-corrected chi connectivity index (χ1v) is 7.02. The Bertz CT molecular complexity index is 810. The summed E-state index contributed by atoms with van der Waals surface area (Å²) in [4.78, 5) is 34.0. The summed E-state index contributed by atoms with van der Waals surface area (Å²) in [6.45, 7) is 4.66. The van der Waals surface area contributed by atoms with E-state index in [4.69, 9.17) is 14.3 Å². The summed E-state index contributed by atoms with van der Waals surface area (Å²) >= 11 is 0. The van der Waals surface area contributed by atoms with Crippen molar-refractivity contribution in [3.63, 3.8) is 0 Å². The van der Waals surface area contributed by atoms with E-state index in [-0.39, 0.29) is 0 Å². The Morgan fingerprint density at radius 1 is 1.26 bits per heavy atom. The molecule has 2 N–H and O–H groups in total. The lowest BCUT2D eigenvalue weighted by atomic mass is 10.1. The number of rotatable bonds is 5. The number of carboxylic acid groups (broad SMARTS) is 1. The second kappa shape index (κ2) is 6.51. The molecule has 2 atom stereocenters. The maximum atomic E-state index is 11.9. The van der Waals surface area contributed by atoms with Crippen LogP contribution in [-0.4, -0.2) is 29.1 Å². The molecule has 23 heavy (non-hydrogen) atoms. The highest BCUT2D eigenvalue weighted by atomic mass is 16.5. The molecule has 0 fully saturated rings. The monoisotopic (exact) mass is 319 g/mol. The highest BCUT2D eigenvalue weighted by Gasteiger charge is 2.20. The van der Waals surface area contributed by atoms with Crippen molar-refractivity contribution in [2.45, 2.75) is 32.9 Å². The van der Waals surface area contributed by atoms with Crippen molar-refractivity contribution in [3.05, 3.63) is 40.2 Å². The van der Waals surface area contributed by atoms with Gasteiger partial charge in [-0.2, -0.15) is 0 Å². The van der Waals surface area contributed by atoms with E-state index in [0.717, 1.165) is 10.9 Å². The lowest BCUT2D eigenvalue weighted by Gasteiger charge is -2.16. The van der Waals surface area contributed by atoms with Crippen molar-refractivity contribution in [3.8, 4) is 5.75 Å². The molecule has 7 nitrogen and oxygen atoms in total. The van der Waals surface area contributed by atoms with Crippen molar-refractivity contribution in [1.29, 1.82) is 0 Å². The van der Waals surface area contributed by atoms with Gasteiger partial charge in [-0.25, -0.2) is 4.79 Å². The third-order valence-corrected chi connectivity index (χ3v) is 3.33. The molecule has 0 aliphatic heterocycles. The standard InChI is InChI=1S/C16H17NO6/c1-8-6-14(18)23-13-7-11(4-5-12(8)13)22-10(3)15(19)17-9(2)16(20)21/h4-7,9-10H,1-3H3,(H,17,19)(H,20,21)/t9-,10+/m0/s1. The van der Waals surface area contributed by atoms with E-state index in [0.29, 0.717) is 11.3 Å². The summed E-state index contributed by atoms with van der Waals surface area (Å²) in [6, 6.07) is 5.29. The number of fused-ring (bicyclic) bond motifs is 1. The van der Waals surface area contributed by atoms with E-state index in [1.165, 1.54) is 26.0 Å². The van der Waals surface area contributed by atoms with Crippen LogP contribution in [0.3, 0.4) is 0 Å². The Balaban J connectivity index is 2.16. The van der Waals surface area contributed by atoms with Gasteiger partial charge in [-0.05, 0) is 38.5 Å². The van der Waals surface area contributed by atoms with Crippen molar-refractivity contribution in [1.82, 2.24) is 5.32 Å². The number of aliphatic carboxylic acids is 1. The molecular weight excluding hydrogens is 302 g/mol. The fourth-order valence-electron chi connectivity index (χ4n) is 2.03. The molecule has 7 heteroatoms. The number of benzene rings is 1. The van der Waals surface area contributed by atoms with E-state index in [1.807, 2.05) is 0 Å². The summed E-state index contributed by atoms with van der Waals surface area (Å²) in [7, 11) is 0. The SMILES string of the molecule is Cc1cc(=O)oc2cc(O[C@H](C)C(=O)N[C@@H](C)C(=O)O)ccc12. The number of hydrogen-bond donors (Lipinski definition) is 2. The van der Waals surface area contributed by atoms with Crippen LogP contribution in [-0.2, 0) is 9.59 Å². The van der Waals surface area contributed by atoms with Gasteiger partial charge in [0.15, 0.2) is 6.10 Å². The maximum absolute atomic E-state index is 11.9. The molecule has 0 saturated heterocycles. The highest BCUT2D eigenvalue weighted by molar-refractivity contribution is 5.86. The number of carbonyl (C=O) groups excluding carboxylic acids is 1. The molecule has 0 unspecified atom stereocenters. The summed E-state index contributed by atoms with van der Waals surface area (Å²) in [5.41, 5.74) is 0.677.